The van der Waals surface area contributed by atoms with Gasteiger partial charge in [0, 0.05) is 47.7 Å². The van der Waals surface area contributed by atoms with Crippen LogP contribution >= 0.6 is 0 Å². The molecule has 8 aromatic rings. The molecule has 228 valence electrons. The van der Waals surface area contributed by atoms with Gasteiger partial charge in [-0.3, -0.25) is 9.97 Å². The molecule has 1 atom stereocenters. The summed E-state index contributed by atoms with van der Waals surface area (Å²) in [5.74, 6) is 0.537. The van der Waals surface area contributed by atoms with Crippen molar-refractivity contribution in [3.05, 3.63) is 164 Å². The first-order chi connectivity index (χ1) is 23.8. The molecule has 48 heavy (non-hydrogen) atoms. The summed E-state index contributed by atoms with van der Waals surface area (Å²) in [7, 11) is 0. The maximum absolute atomic E-state index is 5.80. The van der Waals surface area contributed by atoms with Crippen LogP contribution in [0, 0.1) is 0 Å². The summed E-state index contributed by atoms with van der Waals surface area (Å²) >= 11 is 0. The van der Waals surface area contributed by atoms with Crippen molar-refractivity contribution in [2.45, 2.75) is 6.23 Å². The minimum absolute atomic E-state index is 0.286. The maximum atomic E-state index is 5.80. The van der Waals surface area contributed by atoms with Gasteiger partial charge in [0.05, 0.1) is 11.8 Å². The van der Waals surface area contributed by atoms with Gasteiger partial charge in [0.25, 0.3) is 0 Å². The van der Waals surface area contributed by atoms with E-state index in [4.69, 9.17) is 14.1 Å². The Morgan fingerprint density at radius 2 is 1.21 bits per heavy atom. The van der Waals surface area contributed by atoms with Gasteiger partial charge in [0.15, 0.2) is 6.23 Å². The molecule has 0 radical (unpaired) electrons. The summed E-state index contributed by atoms with van der Waals surface area (Å²) in [6.07, 6.45) is 14.0. The van der Waals surface area contributed by atoms with E-state index in [1.807, 2.05) is 24.8 Å². The molecule has 0 amide bonds. The van der Waals surface area contributed by atoms with Crippen molar-refractivity contribution in [2.75, 3.05) is 0 Å². The number of aromatic nitrogens is 3. The molecule has 9 rings (SSSR count). The second-order valence-corrected chi connectivity index (χ2v) is 11.8. The highest BCUT2D eigenvalue weighted by atomic mass is 16.5. The van der Waals surface area contributed by atoms with E-state index in [0.29, 0.717) is 5.89 Å². The van der Waals surface area contributed by atoms with Crippen LogP contribution in [0.5, 0.6) is 0 Å². The van der Waals surface area contributed by atoms with Crippen molar-refractivity contribution in [2.24, 2.45) is 0 Å². The lowest BCUT2D eigenvalue weighted by Gasteiger charge is -2.20. The zero-order valence-electron chi connectivity index (χ0n) is 25.7. The molecule has 6 heteroatoms. The summed E-state index contributed by atoms with van der Waals surface area (Å²) in [6.45, 7) is 0. The van der Waals surface area contributed by atoms with Crippen LogP contribution < -0.4 is 5.32 Å². The number of fused-ring (bicyclic) bond motifs is 2. The molecule has 0 bridgehead atoms. The lowest BCUT2D eigenvalue weighted by molar-refractivity contribution is 0.154. The minimum Gasteiger partial charge on any atom is -0.473 e. The predicted octanol–water partition coefficient (Wildman–Crippen LogP) is 10.2. The topological polar surface area (TPSA) is 73.1 Å². The molecule has 1 unspecified atom stereocenters. The number of rotatable bonds is 6. The second kappa shape index (κ2) is 11.7. The monoisotopic (exact) mass is 620 g/mol. The van der Waals surface area contributed by atoms with Crippen LogP contribution in [-0.2, 0) is 4.74 Å². The normalized spacial score (nSPS) is 13.9. The second-order valence-electron chi connectivity index (χ2n) is 11.8. The first kappa shape index (κ1) is 27.8. The van der Waals surface area contributed by atoms with Gasteiger partial charge in [-0.2, -0.15) is 0 Å². The highest BCUT2D eigenvalue weighted by Gasteiger charge is 2.21. The highest BCUT2D eigenvalue weighted by molar-refractivity contribution is 6.22. The van der Waals surface area contributed by atoms with Gasteiger partial charge in [-0.25, -0.2) is 4.98 Å². The SMILES string of the molecule is C1=COC(c2cncc(-c3c4ccccc4c(-c4cncc(-c5ncco5)c4)c4ccc(-c5ccccc5-c5ccccc5)cc34)c2)N1. The number of hydrogen-bond donors (Lipinski definition) is 1. The van der Waals surface area contributed by atoms with Crippen LogP contribution in [-0.4, -0.2) is 15.0 Å². The Morgan fingerprint density at radius 1 is 0.542 bits per heavy atom. The summed E-state index contributed by atoms with van der Waals surface area (Å²) in [5, 5.41) is 7.72. The Labute approximate surface area is 277 Å². The lowest BCUT2D eigenvalue weighted by Crippen LogP contribution is -2.11. The number of nitrogens with one attached hydrogen (secondary N) is 1. The van der Waals surface area contributed by atoms with Crippen molar-refractivity contribution in [3.8, 4) is 56.0 Å². The van der Waals surface area contributed by atoms with Gasteiger partial charge >= 0.3 is 0 Å². The fraction of sp³-hybridized carbons (Fsp3) is 0.0238. The zero-order chi connectivity index (χ0) is 31.9. The molecule has 0 aliphatic carbocycles. The maximum Gasteiger partial charge on any atom is 0.227 e. The molecule has 1 aliphatic rings. The van der Waals surface area contributed by atoms with Gasteiger partial charge in [-0.05, 0) is 73.1 Å². The van der Waals surface area contributed by atoms with Crippen LogP contribution in [0.4, 0.5) is 0 Å². The Balaban J connectivity index is 1.35. The molecule has 0 fully saturated rings. The van der Waals surface area contributed by atoms with E-state index in [1.54, 1.807) is 24.9 Å². The smallest absolute Gasteiger partial charge is 0.227 e. The van der Waals surface area contributed by atoms with Gasteiger partial charge < -0.3 is 14.5 Å². The number of benzene rings is 5. The molecule has 3 aromatic heterocycles. The fourth-order valence-electron chi connectivity index (χ4n) is 6.83. The third kappa shape index (κ3) is 4.79. The molecule has 0 saturated carbocycles. The first-order valence-electron chi connectivity index (χ1n) is 15.8. The molecule has 0 spiro atoms. The van der Waals surface area contributed by atoms with Crippen molar-refractivity contribution in [3.63, 3.8) is 0 Å². The van der Waals surface area contributed by atoms with Crippen molar-refractivity contribution < 1.29 is 9.15 Å². The van der Waals surface area contributed by atoms with Crippen LogP contribution in [0.25, 0.3) is 77.5 Å². The van der Waals surface area contributed by atoms with Crippen LogP contribution in [0.2, 0.25) is 0 Å². The molecule has 5 aromatic carbocycles. The molecule has 4 heterocycles. The third-order valence-electron chi connectivity index (χ3n) is 8.93. The first-order valence-corrected chi connectivity index (χ1v) is 15.8. The van der Waals surface area contributed by atoms with Crippen molar-refractivity contribution in [1.82, 2.24) is 20.3 Å². The Morgan fingerprint density at radius 3 is 1.96 bits per heavy atom. The van der Waals surface area contributed by atoms with Gasteiger partial charge in [-0.1, -0.05) is 91.0 Å². The highest BCUT2D eigenvalue weighted by Crippen LogP contribution is 2.46. The fourth-order valence-corrected chi connectivity index (χ4v) is 6.83. The molecular formula is C42H28N4O2. The average Bonchev–Trinajstić information content (AvgIpc) is 3.90. The lowest BCUT2D eigenvalue weighted by atomic mass is 9.84. The number of pyridine rings is 2. The number of hydrogen-bond acceptors (Lipinski definition) is 6. The third-order valence-corrected chi connectivity index (χ3v) is 8.93. The number of nitrogens with zero attached hydrogens (tertiary/aromatic N) is 3. The quantitative estimate of drug-likeness (QED) is 0.187. The Bertz CT molecular complexity index is 2460. The van der Waals surface area contributed by atoms with Crippen molar-refractivity contribution >= 4 is 21.5 Å². The Hall–Kier alpha value is -6.53. The van der Waals surface area contributed by atoms with Gasteiger partial charge in [0.1, 0.15) is 12.5 Å². The molecule has 1 N–H and O–H groups in total. The van der Waals surface area contributed by atoms with E-state index in [9.17, 15) is 0 Å². The molecule has 6 nitrogen and oxygen atoms in total. The zero-order valence-corrected chi connectivity index (χ0v) is 25.7. The van der Waals surface area contributed by atoms with Gasteiger partial charge in [-0.15, -0.1) is 0 Å². The van der Waals surface area contributed by atoms with E-state index in [1.165, 1.54) is 16.7 Å². The standard InChI is InChI=1S/C42H28N4O2/c1-2-8-27(9-3-1)33-10-4-5-11-34(33)28-14-15-37-38(22-28)40(30-21-32(26-44-24-30)42-46-17-19-48-42)36-13-7-6-12-35(36)39(37)29-20-31(25-43-23-29)41-45-16-18-47-41/h1-26,42,46H. The predicted molar refractivity (Wildman–Crippen MR) is 190 cm³/mol. The van der Waals surface area contributed by atoms with Gasteiger partial charge in [0.2, 0.25) is 5.89 Å². The number of oxazole rings is 1. The largest absolute Gasteiger partial charge is 0.473 e. The van der Waals surface area contributed by atoms with E-state index in [0.717, 1.165) is 60.5 Å². The molecule has 0 saturated heterocycles. The Kier molecular flexibility index (Phi) is 6.75. The number of ether oxygens (including phenoxy) is 1. The summed E-state index contributed by atoms with van der Waals surface area (Å²) < 4.78 is 11.5. The summed E-state index contributed by atoms with van der Waals surface area (Å²) in [6, 6.07) is 38.8. The van der Waals surface area contributed by atoms with Crippen LogP contribution in [0.15, 0.2) is 163 Å². The van der Waals surface area contributed by atoms with Crippen LogP contribution in [0.1, 0.15) is 11.8 Å². The van der Waals surface area contributed by atoms with E-state index in [2.05, 4.69) is 124 Å². The summed E-state index contributed by atoms with van der Waals surface area (Å²) in [5.41, 5.74) is 10.6. The van der Waals surface area contributed by atoms with Crippen LogP contribution in [0.3, 0.4) is 0 Å². The van der Waals surface area contributed by atoms with E-state index < -0.39 is 0 Å². The van der Waals surface area contributed by atoms with Crippen molar-refractivity contribution in [1.29, 1.82) is 0 Å². The van der Waals surface area contributed by atoms with E-state index >= 15 is 0 Å². The molecule has 1 aliphatic heterocycles. The summed E-state index contributed by atoms with van der Waals surface area (Å²) in [4.78, 5) is 13.7. The average molecular weight is 621 g/mol. The minimum atomic E-state index is -0.286. The molecular weight excluding hydrogens is 592 g/mol. The van der Waals surface area contributed by atoms with E-state index in [-0.39, 0.29) is 6.23 Å².